The Morgan fingerprint density at radius 1 is 1.22 bits per heavy atom. The van der Waals surface area contributed by atoms with Crippen molar-refractivity contribution in [2.24, 2.45) is 5.73 Å². The summed E-state index contributed by atoms with van der Waals surface area (Å²) in [6.07, 6.45) is -2.90. The van der Waals surface area contributed by atoms with Crippen LogP contribution in [0.2, 0.25) is 0 Å². The van der Waals surface area contributed by atoms with Crippen LogP contribution in [0.5, 0.6) is 5.75 Å². The number of aliphatic hydroxyl groups excluding tert-OH is 2. The highest BCUT2D eigenvalue weighted by Crippen LogP contribution is 2.30. The lowest BCUT2D eigenvalue weighted by Crippen LogP contribution is -2.65. The molecule has 0 aromatic heterocycles. The molecule has 0 aliphatic heterocycles. The number of primary amides is 1. The summed E-state index contributed by atoms with van der Waals surface area (Å²) in [6.45, 7) is 2.26. The van der Waals surface area contributed by atoms with Gasteiger partial charge in [0.1, 0.15) is 23.5 Å². The van der Waals surface area contributed by atoms with Crippen molar-refractivity contribution in [1.82, 2.24) is 16.0 Å². The molecule has 5 atom stereocenters. The van der Waals surface area contributed by atoms with Gasteiger partial charge in [0.25, 0.3) is 5.91 Å². The maximum absolute atomic E-state index is 12.9. The molecular weight excluding hydrogens is 420 g/mol. The van der Waals surface area contributed by atoms with Crippen LogP contribution in [0.1, 0.15) is 31.7 Å². The summed E-state index contributed by atoms with van der Waals surface area (Å²) in [7, 11) is 1.52. The average Bonchev–Trinajstić information content (AvgIpc) is 2.75. The first-order chi connectivity index (χ1) is 15.1. The summed E-state index contributed by atoms with van der Waals surface area (Å²) in [5.41, 5.74) is 4.01. The summed E-state index contributed by atoms with van der Waals surface area (Å²) in [5, 5.41) is 38.8. The van der Waals surface area contributed by atoms with Crippen LogP contribution in [0.3, 0.4) is 0 Å². The second-order valence-corrected chi connectivity index (χ2v) is 7.99. The van der Waals surface area contributed by atoms with E-state index in [9.17, 15) is 29.7 Å². The average molecular weight is 453 g/mol. The van der Waals surface area contributed by atoms with Gasteiger partial charge in [0, 0.05) is 25.8 Å². The van der Waals surface area contributed by atoms with Gasteiger partial charge in [-0.05, 0) is 24.1 Å². The molecule has 11 heteroatoms. The molecule has 1 fully saturated rings. The van der Waals surface area contributed by atoms with Crippen molar-refractivity contribution < 1.29 is 34.4 Å². The van der Waals surface area contributed by atoms with Crippen molar-refractivity contribution in [2.45, 2.75) is 62.5 Å². The van der Waals surface area contributed by atoms with Crippen molar-refractivity contribution in [1.29, 1.82) is 0 Å². The van der Waals surface area contributed by atoms with Gasteiger partial charge in [-0.1, -0.05) is 19.1 Å². The molecule has 8 N–H and O–H groups in total. The van der Waals surface area contributed by atoms with Crippen molar-refractivity contribution in [3.05, 3.63) is 29.8 Å². The Morgan fingerprint density at radius 3 is 2.44 bits per heavy atom. The van der Waals surface area contributed by atoms with Gasteiger partial charge >= 0.3 is 6.03 Å². The first-order valence-electron chi connectivity index (χ1n) is 10.5. The molecule has 1 aliphatic carbocycles. The highest BCUT2D eigenvalue weighted by Gasteiger charge is 2.49. The predicted octanol–water partition coefficient (Wildman–Crippen LogP) is -1.47. The van der Waals surface area contributed by atoms with Gasteiger partial charge in [-0.2, -0.15) is 0 Å². The minimum Gasteiger partial charge on any atom is -0.497 e. The maximum atomic E-state index is 12.9. The van der Waals surface area contributed by atoms with Gasteiger partial charge in [0.05, 0.1) is 19.3 Å². The quantitative estimate of drug-likeness (QED) is 0.239. The molecule has 0 spiro atoms. The fourth-order valence-corrected chi connectivity index (χ4v) is 3.60. The lowest BCUT2D eigenvalue weighted by Gasteiger charge is -2.41. The minimum absolute atomic E-state index is 0.0768. The van der Waals surface area contributed by atoms with Gasteiger partial charge in [0.15, 0.2) is 0 Å². The second-order valence-electron chi connectivity index (χ2n) is 7.99. The van der Waals surface area contributed by atoms with E-state index in [0.717, 1.165) is 0 Å². The number of nitrogens with one attached hydrogen (secondary N) is 3. The molecule has 0 saturated heterocycles. The number of benzene rings is 1. The molecule has 0 unspecified atom stereocenters. The van der Waals surface area contributed by atoms with E-state index in [0.29, 0.717) is 24.3 Å². The maximum Gasteiger partial charge on any atom is 0.315 e. The number of hydrogen-bond acceptors (Lipinski definition) is 7. The van der Waals surface area contributed by atoms with Crippen LogP contribution >= 0.6 is 0 Å². The zero-order valence-electron chi connectivity index (χ0n) is 18.2. The van der Waals surface area contributed by atoms with Crippen LogP contribution in [0.4, 0.5) is 4.79 Å². The third kappa shape index (κ3) is 6.55. The summed E-state index contributed by atoms with van der Waals surface area (Å²) in [4.78, 5) is 36.7. The van der Waals surface area contributed by atoms with E-state index < -0.39 is 54.2 Å². The van der Waals surface area contributed by atoms with E-state index in [1.807, 2.05) is 6.92 Å². The lowest BCUT2D eigenvalue weighted by molar-refractivity contribution is -0.158. The summed E-state index contributed by atoms with van der Waals surface area (Å²) >= 11 is 0. The normalized spacial score (nSPS) is 26.0. The van der Waals surface area contributed by atoms with Crippen LogP contribution in [-0.4, -0.2) is 76.7 Å². The Morgan fingerprint density at radius 2 is 1.88 bits per heavy atom. The summed E-state index contributed by atoms with van der Waals surface area (Å²) < 4.78 is 5.08. The number of aliphatic hydroxyl groups is 3. The van der Waals surface area contributed by atoms with Gasteiger partial charge in [0.2, 0.25) is 5.91 Å². The smallest absolute Gasteiger partial charge is 0.315 e. The number of hydrogen-bond donors (Lipinski definition) is 7. The Bertz CT molecular complexity index is 804. The molecule has 1 aromatic carbocycles. The van der Waals surface area contributed by atoms with Crippen LogP contribution in [0.25, 0.3) is 0 Å². The van der Waals surface area contributed by atoms with E-state index in [1.54, 1.807) is 24.3 Å². The van der Waals surface area contributed by atoms with Crippen molar-refractivity contribution in [3.8, 4) is 5.75 Å². The largest absolute Gasteiger partial charge is 0.497 e. The minimum atomic E-state index is -2.13. The first kappa shape index (κ1) is 25.4. The second kappa shape index (κ2) is 11.1. The molecule has 0 bridgehead atoms. The number of rotatable bonds is 9. The fourth-order valence-electron chi connectivity index (χ4n) is 3.60. The van der Waals surface area contributed by atoms with Gasteiger partial charge < -0.3 is 41.7 Å². The Kier molecular flexibility index (Phi) is 8.81. The highest BCUT2D eigenvalue weighted by atomic mass is 16.5. The lowest BCUT2D eigenvalue weighted by atomic mass is 9.77. The molecule has 4 amide bonds. The molecule has 0 heterocycles. The van der Waals surface area contributed by atoms with E-state index in [1.165, 1.54) is 7.11 Å². The van der Waals surface area contributed by atoms with Crippen molar-refractivity contribution in [2.75, 3.05) is 13.7 Å². The zero-order valence-corrected chi connectivity index (χ0v) is 18.2. The number of carbonyl (C=O) groups is 3. The Labute approximate surface area is 186 Å². The fraction of sp³-hybridized carbons (Fsp3) is 0.571. The molecule has 0 radical (unpaired) electrons. The van der Waals surface area contributed by atoms with Gasteiger partial charge in [-0.25, -0.2) is 4.79 Å². The predicted molar refractivity (Wildman–Crippen MR) is 115 cm³/mol. The van der Waals surface area contributed by atoms with Crippen molar-refractivity contribution in [3.63, 3.8) is 0 Å². The number of ether oxygens (including phenoxy) is 1. The zero-order chi connectivity index (χ0) is 23.9. The topological polar surface area (TPSA) is 183 Å². The molecule has 1 aliphatic rings. The molecule has 11 nitrogen and oxygen atoms in total. The molecular formula is C21H32N4O7. The third-order valence-electron chi connectivity index (χ3n) is 5.43. The van der Waals surface area contributed by atoms with Crippen LogP contribution < -0.4 is 26.4 Å². The van der Waals surface area contributed by atoms with Crippen LogP contribution in [0.15, 0.2) is 24.3 Å². The Balaban J connectivity index is 2.09. The van der Waals surface area contributed by atoms with E-state index in [4.69, 9.17) is 10.5 Å². The SMILES string of the molecule is CCCNC(=O)N[C@@H]1C[C@@](O)(C(=O)N[C@@H](Cc2ccc(OC)cc2)C(N)=O)C[C@@H](O)[C@@H]1O. The number of carbonyl (C=O) groups excluding carboxylic acids is 3. The summed E-state index contributed by atoms with van der Waals surface area (Å²) in [6, 6.07) is 4.02. The first-order valence-corrected chi connectivity index (χ1v) is 10.5. The van der Waals surface area contributed by atoms with Crippen LogP contribution in [-0.2, 0) is 16.0 Å². The highest BCUT2D eigenvalue weighted by molar-refractivity contribution is 5.91. The van der Waals surface area contributed by atoms with Gasteiger partial charge in [-0.3, -0.25) is 9.59 Å². The third-order valence-corrected chi connectivity index (χ3v) is 5.43. The van der Waals surface area contributed by atoms with E-state index in [2.05, 4.69) is 16.0 Å². The molecule has 1 aromatic rings. The number of amides is 4. The molecule has 1 saturated carbocycles. The molecule has 2 rings (SSSR count). The number of nitrogens with two attached hydrogens (primary N) is 1. The monoisotopic (exact) mass is 452 g/mol. The molecule has 32 heavy (non-hydrogen) atoms. The molecule has 178 valence electrons. The van der Waals surface area contributed by atoms with E-state index >= 15 is 0 Å². The number of urea groups is 1. The standard InChI is InChI=1S/C21H32N4O7/c1-3-8-23-20(30)25-15-10-21(31,11-16(26)17(15)27)19(29)24-14(18(22)28)9-12-4-6-13(32-2)7-5-12/h4-7,14-17,26-27,31H,3,8-11H2,1-2H3,(H2,22,28)(H,24,29)(H2,23,25,30)/t14-,15+,16+,17+,21-/m0/s1. The summed E-state index contributed by atoms with van der Waals surface area (Å²) in [5.74, 6) is -1.11. The number of methoxy groups -OCH3 is 1. The van der Waals surface area contributed by atoms with Crippen LogP contribution in [0, 0.1) is 0 Å². The Hall–Kier alpha value is -2.89. The van der Waals surface area contributed by atoms with Crippen molar-refractivity contribution >= 4 is 17.8 Å². The van der Waals surface area contributed by atoms with Gasteiger partial charge in [-0.15, -0.1) is 0 Å². The van der Waals surface area contributed by atoms with E-state index in [-0.39, 0.29) is 12.8 Å².